The van der Waals surface area contributed by atoms with E-state index in [9.17, 15) is 9.18 Å². The van der Waals surface area contributed by atoms with Crippen molar-refractivity contribution in [3.8, 4) is 0 Å². The zero-order valence-electron chi connectivity index (χ0n) is 9.17. The van der Waals surface area contributed by atoms with Gasteiger partial charge in [-0.15, -0.1) is 0 Å². The van der Waals surface area contributed by atoms with Gasteiger partial charge in [0.2, 0.25) is 5.91 Å². The molecule has 0 fully saturated rings. The van der Waals surface area contributed by atoms with Crippen LogP contribution in [-0.4, -0.2) is 10.9 Å². The molecule has 82 valence electrons. The first-order chi connectivity index (χ1) is 6.87. The number of nitrogens with one attached hydrogen (secondary N) is 1. The minimum atomic E-state index is -0.413. The predicted molar refractivity (Wildman–Crippen MR) is 56.9 cm³/mol. The number of carbonyl (C=O) groups is 1. The third-order valence-electron chi connectivity index (χ3n) is 1.69. The highest BCUT2D eigenvalue weighted by Gasteiger charge is 2.16. The molecule has 1 aromatic heterocycles. The standard InChI is InChI=1S/C11H15FN2O/c1-11(2,3)6-10(15)14-9-5-4-8(12)7-13-9/h4-5,7H,6H2,1-3H3,(H,13,14,15). The SMILES string of the molecule is CC(C)(C)CC(=O)Nc1ccc(F)cn1. The van der Waals surface area contributed by atoms with Crippen LogP contribution in [0.1, 0.15) is 27.2 Å². The van der Waals surface area contributed by atoms with Crippen LogP contribution in [0.4, 0.5) is 10.2 Å². The van der Waals surface area contributed by atoms with Gasteiger partial charge < -0.3 is 5.32 Å². The molecule has 3 nitrogen and oxygen atoms in total. The van der Waals surface area contributed by atoms with Crippen LogP contribution in [-0.2, 0) is 4.79 Å². The molecule has 0 aliphatic carbocycles. The van der Waals surface area contributed by atoms with E-state index in [0.717, 1.165) is 6.20 Å². The van der Waals surface area contributed by atoms with Gasteiger partial charge in [-0.2, -0.15) is 0 Å². The molecule has 0 aliphatic rings. The number of hydrogen-bond donors (Lipinski definition) is 1. The fourth-order valence-corrected chi connectivity index (χ4v) is 1.12. The van der Waals surface area contributed by atoms with Crippen molar-refractivity contribution in [3.63, 3.8) is 0 Å². The molecule has 0 saturated heterocycles. The van der Waals surface area contributed by atoms with E-state index in [1.54, 1.807) is 0 Å². The summed E-state index contributed by atoms with van der Waals surface area (Å²) in [7, 11) is 0. The molecule has 0 spiro atoms. The predicted octanol–water partition coefficient (Wildman–Crippen LogP) is 2.60. The zero-order valence-corrected chi connectivity index (χ0v) is 9.17. The summed E-state index contributed by atoms with van der Waals surface area (Å²) in [4.78, 5) is 15.2. The maximum atomic E-state index is 12.5. The number of anilines is 1. The summed E-state index contributed by atoms with van der Waals surface area (Å²) in [6, 6.07) is 2.70. The third kappa shape index (κ3) is 4.54. The van der Waals surface area contributed by atoms with E-state index < -0.39 is 5.82 Å². The Kier molecular flexibility index (Phi) is 3.39. The highest BCUT2D eigenvalue weighted by Crippen LogP contribution is 2.19. The second-order valence-electron chi connectivity index (χ2n) is 4.65. The number of halogens is 1. The van der Waals surface area contributed by atoms with Crippen molar-refractivity contribution in [2.24, 2.45) is 5.41 Å². The summed E-state index contributed by atoms with van der Waals surface area (Å²) in [5.41, 5.74) is -0.0654. The fourth-order valence-electron chi connectivity index (χ4n) is 1.12. The lowest BCUT2D eigenvalue weighted by atomic mass is 9.92. The Hall–Kier alpha value is -1.45. The van der Waals surface area contributed by atoms with Crippen LogP contribution < -0.4 is 5.32 Å². The van der Waals surface area contributed by atoms with Crippen LogP contribution in [0.5, 0.6) is 0 Å². The maximum absolute atomic E-state index is 12.5. The number of nitrogens with zero attached hydrogens (tertiary/aromatic N) is 1. The van der Waals surface area contributed by atoms with Gasteiger partial charge in [0.25, 0.3) is 0 Å². The molecule has 0 atom stereocenters. The van der Waals surface area contributed by atoms with Gasteiger partial charge in [-0.3, -0.25) is 4.79 Å². The first kappa shape index (κ1) is 11.6. The number of pyridine rings is 1. The molecule has 1 rings (SSSR count). The summed E-state index contributed by atoms with van der Waals surface area (Å²) in [5, 5.41) is 2.61. The number of amides is 1. The zero-order chi connectivity index (χ0) is 11.5. The fraction of sp³-hybridized carbons (Fsp3) is 0.455. The van der Waals surface area contributed by atoms with Crippen molar-refractivity contribution in [2.75, 3.05) is 5.32 Å². The Labute approximate surface area is 88.7 Å². The maximum Gasteiger partial charge on any atom is 0.226 e. The molecule has 0 saturated carbocycles. The monoisotopic (exact) mass is 210 g/mol. The smallest absolute Gasteiger partial charge is 0.226 e. The summed E-state index contributed by atoms with van der Waals surface area (Å²) in [5.74, 6) is -0.143. The molecule has 0 aliphatic heterocycles. The lowest BCUT2D eigenvalue weighted by Crippen LogP contribution is -2.20. The van der Waals surface area contributed by atoms with E-state index in [2.05, 4.69) is 10.3 Å². The minimum Gasteiger partial charge on any atom is -0.311 e. The molecule has 0 unspecified atom stereocenters. The summed E-state index contributed by atoms with van der Waals surface area (Å²) < 4.78 is 12.5. The topological polar surface area (TPSA) is 42.0 Å². The minimum absolute atomic E-state index is 0.0654. The highest BCUT2D eigenvalue weighted by atomic mass is 19.1. The van der Waals surface area contributed by atoms with E-state index in [1.165, 1.54) is 12.1 Å². The third-order valence-corrected chi connectivity index (χ3v) is 1.69. The molecular formula is C11H15FN2O. The van der Waals surface area contributed by atoms with Gasteiger partial charge in [-0.1, -0.05) is 20.8 Å². The average molecular weight is 210 g/mol. The van der Waals surface area contributed by atoms with Gasteiger partial charge in [-0.25, -0.2) is 9.37 Å². The lowest BCUT2D eigenvalue weighted by molar-refractivity contribution is -0.117. The van der Waals surface area contributed by atoms with Crippen LogP contribution in [0.2, 0.25) is 0 Å². The largest absolute Gasteiger partial charge is 0.311 e. The summed E-state index contributed by atoms with van der Waals surface area (Å²) in [6.07, 6.45) is 1.48. The lowest BCUT2D eigenvalue weighted by Gasteiger charge is -2.16. The van der Waals surface area contributed by atoms with Gasteiger partial charge in [0.1, 0.15) is 11.6 Å². The quantitative estimate of drug-likeness (QED) is 0.815. The molecular weight excluding hydrogens is 195 g/mol. The van der Waals surface area contributed by atoms with Gasteiger partial charge in [0.15, 0.2) is 0 Å². The number of aromatic nitrogens is 1. The van der Waals surface area contributed by atoms with Crippen LogP contribution in [0.3, 0.4) is 0 Å². The molecule has 1 heterocycles. The van der Waals surface area contributed by atoms with E-state index in [4.69, 9.17) is 0 Å². The molecule has 15 heavy (non-hydrogen) atoms. The van der Waals surface area contributed by atoms with Crippen molar-refractivity contribution >= 4 is 11.7 Å². The number of rotatable bonds is 2. The van der Waals surface area contributed by atoms with Crippen LogP contribution in [0, 0.1) is 11.2 Å². The van der Waals surface area contributed by atoms with Crippen molar-refractivity contribution < 1.29 is 9.18 Å². The molecule has 0 aromatic carbocycles. The van der Waals surface area contributed by atoms with Gasteiger partial charge >= 0.3 is 0 Å². The number of carbonyl (C=O) groups excluding carboxylic acids is 1. The van der Waals surface area contributed by atoms with Crippen LogP contribution in [0.15, 0.2) is 18.3 Å². The highest BCUT2D eigenvalue weighted by molar-refractivity contribution is 5.90. The summed E-state index contributed by atoms with van der Waals surface area (Å²) in [6.45, 7) is 5.93. The molecule has 1 aromatic rings. The van der Waals surface area contributed by atoms with Crippen molar-refractivity contribution in [1.29, 1.82) is 0 Å². The Bertz CT molecular complexity index is 341. The second-order valence-corrected chi connectivity index (χ2v) is 4.65. The Morgan fingerprint density at radius 2 is 2.13 bits per heavy atom. The van der Waals surface area contributed by atoms with Gasteiger partial charge in [0.05, 0.1) is 6.20 Å². The average Bonchev–Trinajstić information content (AvgIpc) is 2.05. The van der Waals surface area contributed by atoms with E-state index in [-0.39, 0.29) is 11.3 Å². The first-order valence-corrected chi connectivity index (χ1v) is 4.78. The Balaban J connectivity index is 2.55. The van der Waals surface area contributed by atoms with E-state index in [0.29, 0.717) is 12.2 Å². The van der Waals surface area contributed by atoms with Gasteiger partial charge in [0, 0.05) is 6.42 Å². The summed E-state index contributed by atoms with van der Waals surface area (Å²) >= 11 is 0. The van der Waals surface area contributed by atoms with Crippen LogP contribution in [0.25, 0.3) is 0 Å². The molecule has 0 radical (unpaired) electrons. The van der Waals surface area contributed by atoms with Gasteiger partial charge in [-0.05, 0) is 17.5 Å². The Morgan fingerprint density at radius 1 is 1.47 bits per heavy atom. The first-order valence-electron chi connectivity index (χ1n) is 4.78. The van der Waals surface area contributed by atoms with Crippen molar-refractivity contribution in [2.45, 2.75) is 27.2 Å². The van der Waals surface area contributed by atoms with Crippen molar-refractivity contribution in [3.05, 3.63) is 24.1 Å². The van der Waals surface area contributed by atoms with Crippen molar-refractivity contribution in [1.82, 2.24) is 4.98 Å². The molecule has 1 amide bonds. The number of hydrogen-bond acceptors (Lipinski definition) is 2. The second kappa shape index (κ2) is 4.38. The molecule has 4 heteroatoms. The molecule has 1 N–H and O–H groups in total. The van der Waals surface area contributed by atoms with Crippen LogP contribution >= 0.6 is 0 Å². The Morgan fingerprint density at radius 3 is 2.60 bits per heavy atom. The van der Waals surface area contributed by atoms with E-state index in [1.807, 2.05) is 20.8 Å². The molecule has 0 bridgehead atoms. The normalized spacial score (nSPS) is 11.2. The van der Waals surface area contributed by atoms with E-state index >= 15 is 0 Å².